The minimum atomic E-state index is -0.502. The summed E-state index contributed by atoms with van der Waals surface area (Å²) < 4.78 is 5.23. The number of carbonyl (C=O) groups is 1. The van der Waals surface area contributed by atoms with E-state index in [4.69, 9.17) is 27.9 Å². The number of carbonyl (C=O) groups excluding carboxylic acids is 1. The molecule has 2 aromatic rings. The van der Waals surface area contributed by atoms with Crippen LogP contribution < -0.4 is 10.2 Å². The van der Waals surface area contributed by atoms with Gasteiger partial charge in [-0.3, -0.25) is 14.9 Å². The fraction of sp³-hybridized carbons (Fsp3) is 0.0769. The summed E-state index contributed by atoms with van der Waals surface area (Å²) in [6.45, 7) is -0.288. The van der Waals surface area contributed by atoms with Crippen LogP contribution in [0, 0.1) is 10.1 Å². The molecule has 0 saturated carbocycles. The van der Waals surface area contributed by atoms with E-state index in [2.05, 4.69) is 10.5 Å². The highest BCUT2D eigenvalue weighted by atomic mass is 35.5. The predicted molar refractivity (Wildman–Crippen MR) is 88.7 cm³/mol. The molecule has 1 aromatic carbocycles. The number of nitrogens with one attached hydrogen (secondary N) is 1. The third kappa shape index (κ3) is 5.20. The molecule has 10 heteroatoms. The molecule has 0 atom stereocenters. The molecular formula is C13H9Cl2N3O4S. The van der Waals surface area contributed by atoms with Gasteiger partial charge in [-0.2, -0.15) is 5.10 Å². The monoisotopic (exact) mass is 373 g/mol. The quantitative estimate of drug-likeness (QED) is 0.476. The number of hydrogen-bond acceptors (Lipinski definition) is 6. The van der Waals surface area contributed by atoms with Crippen molar-refractivity contribution < 1.29 is 14.5 Å². The molecule has 1 N–H and O–H groups in total. The molecule has 0 aliphatic carbocycles. The van der Waals surface area contributed by atoms with Gasteiger partial charge in [0.25, 0.3) is 5.91 Å². The van der Waals surface area contributed by atoms with Gasteiger partial charge in [0.05, 0.1) is 21.0 Å². The van der Waals surface area contributed by atoms with Crippen LogP contribution in [0.2, 0.25) is 10.0 Å². The number of rotatable bonds is 6. The Morgan fingerprint density at radius 1 is 1.39 bits per heavy atom. The summed E-state index contributed by atoms with van der Waals surface area (Å²) in [4.78, 5) is 22.1. The van der Waals surface area contributed by atoms with Crippen molar-refractivity contribution in [1.82, 2.24) is 5.43 Å². The zero-order valence-electron chi connectivity index (χ0n) is 11.4. The average Bonchev–Trinajstić information content (AvgIpc) is 2.95. The number of thiophene rings is 1. The van der Waals surface area contributed by atoms with Crippen LogP contribution in [-0.2, 0) is 4.79 Å². The second-order valence-corrected chi connectivity index (χ2v) is 6.03. The number of ether oxygens (including phenoxy) is 1. The standard InChI is InChI=1S/C13H9Cl2N3O4S/c14-8-1-3-11(10(15)5-8)22-7-12(19)17-16-6-9-2-4-13(23-9)18(20)21/h1-6H,7H2,(H,17,19). The number of benzene rings is 1. The van der Waals surface area contributed by atoms with Crippen molar-refractivity contribution >= 4 is 51.7 Å². The SMILES string of the molecule is O=C(COc1ccc(Cl)cc1Cl)NN=Cc1ccc([N+](=O)[O-])s1. The van der Waals surface area contributed by atoms with Gasteiger partial charge in [0, 0.05) is 11.1 Å². The molecule has 2 rings (SSSR count). The van der Waals surface area contributed by atoms with E-state index in [1.165, 1.54) is 24.4 Å². The Morgan fingerprint density at radius 2 is 2.17 bits per heavy atom. The molecule has 0 bridgehead atoms. The van der Waals surface area contributed by atoms with Gasteiger partial charge in [0.1, 0.15) is 5.75 Å². The Bertz CT molecular complexity index is 763. The van der Waals surface area contributed by atoms with E-state index in [1.807, 2.05) is 0 Å². The van der Waals surface area contributed by atoms with E-state index in [9.17, 15) is 14.9 Å². The molecule has 0 radical (unpaired) electrons. The second-order valence-electron chi connectivity index (χ2n) is 4.09. The van der Waals surface area contributed by atoms with Crippen LogP contribution in [0.4, 0.5) is 5.00 Å². The van der Waals surface area contributed by atoms with E-state index in [-0.39, 0.29) is 11.6 Å². The van der Waals surface area contributed by atoms with Crippen LogP contribution in [0.15, 0.2) is 35.4 Å². The topological polar surface area (TPSA) is 93.8 Å². The van der Waals surface area contributed by atoms with Gasteiger partial charge in [-0.05, 0) is 24.3 Å². The van der Waals surface area contributed by atoms with Crippen molar-refractivity contribution in [2.24, 2.45) is 5.10 Å². The molecule has 1 aromatic heterocycles. The van der Waals surface area contributed by atoms with Crippen LogP contribution in [0.1, 0.15) is 4.88 Å². The number of nitro groups is 1. The van der Waals surface area contributed by atoms with E-state index in [0.717, 1.165) is 11.3 Å². The van der Waals surface area contributed by atoms with Gasteiger partial charge in [-0.25, -0.2) is 5.43 Å². The van der Waals surface area contributed by atoms with Crippen LogP contribution in [-0.4, -0.2) is 23.7 Å². The number of amides is 1. The Labute approximate surface area is 144 Å². The van der Waals surface area contributed by atoms with Gasteiger partial charge >= 0.3 is 5.00 Å². The summed E-state index contributed by atoms with van der Waals surface area (Å²) in [7, 11) is 0. The molecule has 1 amide bonds. The Hall–Kier alpha value is -2.16. The zero-order valence-corrected chi connectivity index (χ0v) is 13.7. The summed E-state index contributed by atoms with van der Waals surface area (Å²) in [5.41, 5.74) is 2.24. The summed E-state index contributed by atoms with van der Waals surface area (Å²) >= 11 is 12.6. The lowest BCUT2D eigenvalue weighted by atomic mass is 10.3. The van der Waals surface area contributed by atoms with E-state index >= 15 is 0 Å². The summed E-state index contributed by atoms with van der Waals surface area (Å²) in [6, 6.07) is 7.52. The predicted octanol–water partition coefficient (Wildman–Crippen LogP) is 3.49. The van der Waals surface area contributed by atoms with Crippen molar-refractivity contribution in [3.8, 4) is 5.75 Å². The lowest BCUT2D eigenvalue weighted by Gasteiger charge is -2.06. The summed E-state index contributed by atoms with van der Waals surface area (Å²) in [5, 5.41) is 15.0. The summed E-state index contributed by atoms with van der Waals surface area (Å²) in [6.07, 6.45) is 1.31. The molecule has 0 aliphatic rings. The lowest BCUT2D eigenvalue weighted by Crippen LogP contribution is -2.24. The van der Waals surface area contributed by atoms with Gasteiger partial charge in [0.15, 0.2) is 6.61 Å². The first-order chi connectivity index (χ1) is 11.0. The number of nitrogens with zero attached hydrogens (tertiary/aromatic N) is 2. The maximum atomic E-state index is 11.6. The minimum absolute atomic E-state index is 0.00140. The Morgan fingerprint density at radius 3 is 2.83 bits per heavy atom. The van der Waals surface area contributed by atoms with Gasteiger partial charge in [-0.1, -0.05) is 34.5 Å². The van der Waals surface area contributed by atoms with Crippen LogP contribution in [0.3, 0.4) is 0 Å². The number of hydrazone groups is 1. The van der Waals surface area contributed by atoms with E-state index in [0.29, 0.717) is 20.7 Å². The molecule has 0 fully saturated rings. The number of hydrogen-bond donors (Lipinski definition) is 1. The van der Waals surface area contributed by atoms with Crippen LogP contribution >= 0.6 is 34.5 Å². The first-order valence-corrected chi connectivity index (χ1v) is 7.67. The molecular weight excluding hydrogens is 365 g/mol. The normalized spacial score (nSPS) is 10.7. The fourth-order valence-corrected chi connectivity index (χ4v) is 2.60. The minimum Gasteiger partial charge on any atom is -0.482 e. The fourth-order valence-electron chi connectivity index (χ4n) is 1.45. The number of halogens is 2. The second kappa shape index (κ2) is 7.91. The van der Waals surface area contributed by atoms with E-state index < -0.39 is 10.8 Å². The van der Waals surface area contributed by atoms with Crippen molar-refractivity contribution in [3.63, 3.8) is 0 Å². The van der Waals surface area contributed by atoms with Crippen molar-refractivity contribution in [1.29, 1.82) is 0 Å². The Kier molecular flexibility index (Phi) is 5.91. The van der Waals surface area contributed by atoms with Crippen LogP contribution in [0.5, 0.6) is 5.75 Å². The largest absolute Gasteiger partial charge is 0.482 e. The first kappa shape index (κ1) is 17.2. The van der Waals surface area contributed by atoms with Crippen molar-refractivity contribution in [2.45, 2.75) is 0 Å². The average molecular weight is 374 g/mol. The third-order valence-electron chi connectivity index (χ3n) is 2.43. The molecule has 120 valence electrons. The van der Waals surface area contributed by atoms with Crippen LogP contribution in [0.25, 0.3) is 0 Å². The highest BCUT2D eigenvalue weighted by Crippen LogP contribution is 2.27. The van der Waals surface area contributed by atoms with Crippen molar-refractivity contribution in [3.05, 3.63) is 55.4 Å². The molecule has 0 saturated heterocycles. The van der Waals surface area contributed by atoms with Gasteiger partial charge < -0.3 is 4.74 Å². The molecule has 7 nitrogen and oxygen atoms in total. The smallest absolute Gasteiger partial charge is 0.324 e. The maximum Gasteiger partial charge on any atom is 0.324 e. The summed E-state index contributed by atoms with van der Waals surface area (Å²) in [5.74, 6) is -0.178. The van der Waals surface area contributed by atoms with Gasteiger partial charge in [-0.15, -0.1) is 0 Å². The Balaban J connectivity index is 1.82. The third-order valence-corrected chi connectivity index (χ3v) is 3.93. The van der Waals surface area contributed by atoms with Crippen molar-refractivity contribution in [2.75, 3.05) is 6.61 Å². The lowest BCUT2D eigenvalue weighted by molar-refractivity contribution is -0.380. The highest BCUT2D eigenvalue weighted by Gasteiger charge is 2.08. The molecule has 0 aliphatic heterocycles. The molecule has 1 heterocycles. The first-order valence-electron chi connectivity index (χ1n) is 6.09. The molecule has 23 heavy (non-hydrogen) atoms. The van der Waals surface area contributed by atoms with Gasteiger partial charge in [0.2, 0.25) is 0 Å². The zero-order chi connectivity index (χ0) is 16.8. The maximum absolute atomic E-state index is 11.6. The molecule has 0 unspecified atom stereocenters. The highest BCUT2D eigenvalue weighted by molar-refractivity contribution is 7.16. The molecule has 0 spiro atoms. The van der Waals surface area contributed by atoms with E-state index in [1.54, 1.807) is 12.1 Å².